The van der Waals surface area contributed by atoms with Crippen LogP contribution >= 0.6 is 11.3 Å². The molecule has 2 bridgehead atoms. The van der Waals surface area contributed by atoms with Crippen LogP contribution in [0.15, 0.2) is 54.7 Å². The standard InChI is InChI=1S/C26H24N4O3S/c1-15-9-20(19-5-3-4-6-23(19)32-2)21(12-27-15)25(31)29-26-28-22-8-7-16(11-24(22)34-26)30-13-18-10-17(30)14-33-18/h3-9,11-12,17-18H,10,13-14H2,1-2H3,(H,28,29,31)/t17-,18-/m1/s1. The first kappa shape index (κ1) is 21.1. The predicted molar refractivity (Wildman–Crippen MR) is 134 cm³/mol. The number of methoxy groups -OCH3 is 1. The minimum absolute atomic E-state index is 0.248. The van der Waals surface area contributed by atoms with Gasteiger partial charge in [0.05, 0.1) is 41.6 Å². The van der Waals surface area contributed by atoms with Crippen molar-refractivity contribution in [3.05, 3.63) is 66.0 Å². The smallest absolute Gasteiger partial charge is 0.259 e. The van der Waals surface area contributed by atoms with Crippen LogP contribution in [0.5, 0.6) is 5.75 Å². The third kappa shape index (κ3) is 3.69. The lowest BCUT2D eigenvalue weighted by atomic mass is 9.99. The highest BCUT2D eigenvalue weighted by atomic mass is 32.1. The maximum absolute atomic E-state index is 13.3. The van der Waals surface area contributed by atoms with Crippen molar-refractivity contribution in [2.75, 3.05) is 30.5 Å². The van der Waals surface area contributed by atoms with E-state index in [0.717, 1.165) is 46.6 Å². The van der Waals surface area contributed by atoms with Crippen molar-refractivity contribution in [3.63, 3.8) is 0 Å². The maximum Gasteiger partial charge on any atom is 0.259 e. The fourth-order valence-corrected chi connectivity index (χ4v) is 5.75. The Balaban J connectivity index is 1.29. The molecule has 0 radical (unpaired) electrons. The predicted octanol–water partition coefficient (Wildman–Crippen LogP) is 4.91. The molecule has 4 aromatic rings. The second-order valence-corrected chi connectivity index (χ2v) is 9.72. The van der Waals surface area contributed by atoms with Gasteiger partial charge in [0.2, 0.25) is 0 Å². The van der Waals surface area contributed by atoms with Crippen LogP contribution in [0.2, 0.25) is 0 Å². The highest BCUT2D eigenvalue weighted by Crippen LogP contribution is 2.37. The Hall–Kier alpha value is -3.49. The zero-order valence-corrected chi connectivity index (χ0v) is 19.8. The van der Waals surface area contributed by atoms with E-state index < -0.39 is 0 Å². The monoisotopic (exact) mass is 472 g/mol. The number of aromatic nitrogens is 2. The zero-order chi connectivity index (χ0) is 23.2. The fraction of sp³-hybridized carbons (Fsp3) is 0.269. The van der Waals surface area contributed by atoms with Gasteiger partial charge < -0.3 is 14.4 Å². The number of hydrogen-bond donors (Lipinski definition) is 1. The highest BCUT2D eigenvalue weighted by molar-refractivity contribution is 7.22. The van der Waals surface area contributed by atoms with E-state index in [1.807, 2.05) is 43.3 Å². The molecular formula is C26H24N4O3S. The number of thiazole rings is 1. The molecule has 4 heterocycles. The van der Waals surface area contributed by atoms with Crippen LogP contribution in [0.4, 0.5) is 10.8 Å². The van der Waals surface area contributed by atoms with E-state index in [-0.39, 0.29) is 5.91 Å². The lowest BCUT2D eigenvalue weighted by Crippen LogP contribution is -2.36. The lowest BCUT2D eigenvalue weighted by molar-refractivity contribution is 0.0991. The van der Waals surface area contributed by atoms with E-state index in [9.17, 15) is 4.79 Å². The number of carbonyl (C=O) groups is 1. The summed E-state index contributed by atoms with van der Waals surface area (Å²) < 4.78 is 12.3. The van der Waals surface area contributed by atoms with Crippen LogP contribution in [0.3, 0.4) is 0 Å². The first-order valence-corrected chi connectivity index (χ1v) is 12.1. The Labute approximate surface area is 201 Å². The number of amides is 1. The number of morpholine rings is 1. The number of benzene rings is 2. The number of nitrogens with zero attached hydrogens (tertiary/aromatic N) is 3. The molecule has 2 aromatic heterocycles. The van der Waals surface area contributed by atoms with E-state index in [2.05, 4.69) is 32.3 Å². The molecule has 2 fully saturated rings. The summed E-state index contributed by atoms with van der Waals surface area (Å²) in [6.07, 6.45) is 3.06. The first-order chi connectivity index (χ1) is 16.6. The molecule has 172 valence electrons. The summed E-state index contributed by atoms with van der Waals surface area (Å²) in [6, 6.07) is 16.3. The number of ether oxygens (including phenoxy) is 2. The molecular weight excluding hydrogens is 448 g/mol. The van der Waals surface area contributed by atoms with Crippen molar-refractivity contribution in [3.8, 4) is 16.9 Å². The van der Waals surface area contributed by atoms with Crippen LogP contribution in [0.25, 0.3) is 21.3 Å². The molecule has 0 aliphatic carbocycles. The van der Waals surface area contributed by atoms with Gasteiger partial charge in [-0.15, -0.1) is 0 Å². The number of hydrogen-bond acceptors (Lipinski definition) is 7. The zero-order valence-electron chi connectivity index (χ0n) is 18.9. The molecule has 1 N–H and O–H groups in total. The molecule has 2 aliphatic heterocycles. The second-order valence-electron chi connectivity index (χ2n) is 8.69. The third-order valence-corrected chi connectivity index (χ3v) is 7.44. The molecule has 34 heavy (non-hydrogen) atoms. The van der Waals surface area contributed by atoms with Gasteiger partial charge in [0, 0.05) is 35.2 Å². The van der Waals surface area contributed by atoms with Gasteiger partial charge in [-0.1, -0.05) is 29.5 Å². The van der Waals surface area contributed by atoms with E-state index in [4.69, 9.17) is 9.47 Å². The Kier molecular flexibility index (Phi) is 5.19. The molecule has 2 aliphatic rings. The molecule has 2 saturated heterocycles. The van der Waals surface area contributed by atoms with Crippen molar-refractivity contribution < 1.29 is 14.3 Å². The summed E-state index contributed by atoms with van der Waals surface area (Å²) in [5.41, 5.74) is 4.98. The summed E-state index contributed by atoms with van der Waals surface area (Å²) in [4.78, 5) is 24.7. The number of nitrogens with one attached hydrogen (secondary N) is 1. The molecule has 0 spiro atoms. The van der Waals surface area contributed by atoms with Crippen molar-refractivity contribution in [1.29, 1.82) is 0 Å². The normalized spacial score (nSPS) is 19.1. The largest absolute Gasteiger partial charge is 0.496 e. The van der Waals surface area contributed by atoms with Crippen molar-refractivity contribution >= 4 is 38.3 Å². The van der Waals surface area contributed by atoms with Crippen molar-refractivity contribution in [2.24, 2.45) is 0 Å². The van der Waals surface area contributed by atoms with Crippen LogP contribution in [-0.4, -0.2) is 48.3 Å². The number of rotatable bonds is 5. The summed E-state index contributed by atoms with van der Waals surface area (Å²) in [7, 11) is 1.63. The van der Waals surface area contributed by atoms with Gasteiger partial charge in [-0.05, 0) is 43.7 Å². The van der Waals surface area contributed by atoms with Gasteiger partial charge in [0.25, 0.3) is 5.91 Å². The summed E-state index contributed by atoms with van der Waals surface area (Å²) in [6.45, 7) is 3.64. The van der Waals surface area contributed by atoms with Gasteiger partial charge in [-0.2, -0.15) is 0 Å². The van der Waals surface area contributed by atoms with E-state index in [0.29, 0.717) is 28.6 Å². The molecule has 6 rings (SSSR count). The minimum atomic E-state index is -0.248. The Morgan fingerprint density at radius 3 is 2.88 bits per heavy atom. The fourth-order valence-electron chi connectivity index (χ4n) is 4.86. The molecule has 1 amide bonds. The van der Waals surface area contributed by atoms with Crippen LogP contribution in [-0.2, 0) is 4.74 Å². The van der Waals surface area contributed by atoms with Gasteiger partial charge in [0.15, 0.2) is 5.13 Å². The van der Waals surface area contributed by atoms with Crippen molar-refractivity contribution in [1.82, 2.24) is 9.97 Å². The van der Waals surface area contributed by atoms with Gasteiger partial charge in [-0.3, -0.25) is 15.1 Å². The molecule has 2 atom stereocenters. The molecule has 7 nitrogen and oxygen atoms in total. The summed E-state index contributed by atoms with van der Waals surface area (Å²) in [5, 5.41) is 3.55. The average molecular weight is 473 g/mol. The van der Waals surface area contributed by atoms with E-state index in [1.165, 1.54) is 17.0 Å². The van der Waals surface area contributed by atoms with Gasteiger partial charge in [0.1, 0.15) is 5.75 Å². The molecule has 8 heteroatoms. The number of anilines is 2. The van der Waals surface area contributed by atoms with Crippen LogP contribution in [0.1, 0.15) is 22.5 Å². The second kappa shape index (κ2) is 8.38. The Bertz CT molecular complexity index is 1400. The van der Waals surface area contributed by atoms with E-state index in [1.54, 1.807) is 13.3 Å². The SMILES string of the molecule is COc1ccccc1-c1cc(C)ncc1C(=O)Nc1nc2ccc(N3C[C@H]4C[C@@H]3CO4)cc2s1. The van der Waals surface area contributed by atoms with Crippen molar-refractivity contribution in [2.45, 2.75) is 25.5 Å². The number of aryl methyl sites for hydroxylation is 1. The van der Waals surface area contributed by atoms with Gasteiger partial charge in [-0.25, -0.2) is 4.98 Å². The highest BCUT2D eigenvalue weighted by Gasteiger charge is 2.39. The quantitative estimate of drug-likeness (QED) is 0.445. The summed E-state index contributed by atoms with van der Waals surface area (Å²) in [5.74, 6) is 0.456. The van der Waals surface area contributed by atoms with E-state index >= 15 is 0 Å². The Morgan fingerprint density at radius 1 is 1.21 bits per heavy atom. The number of carbonyl (C=O) groups excluding carboxylic acids is 1. The first-order valence-electron chi connectivity index (χ1n) is 11.3. The van der Waals surface area contributed by atoms with Crippen LogP contribution < -0.4 is 15.0 Å². The Morgan fingerprint density at radius 2 is 2.09 bits per heavy atom. The van der Waals surface area contributed by atoms with Crippen LogP contribution in [0, 0.1) is 6.92 Å². The maximum atomic E-state index is 13.3. The summed E-state index contributed by atoms with van der Waals surface area (Å²) >= 11 is 1.48. The molecule has 0 unspecified atom stereocenters. The number of fused-ring (bicyclic) bond motifs is 3. The molecule has 2 aromatic carbocycles. The number of para-hydroxylation sites is 1. The van der Waals surface area contributed by atoms with Gasteiger partial charge >= 0.3 is 0 Å². The number of pyridine rings is 1. The molecule has 0 saturated carbocycles. The minimum Gasteiger partial charge on any atom is -0.496 e. The third-order valence-electron chi connectivity index (χ3n) is 6.51. The average Bonchev–Trinajstić information content (AvgIpc) is 3.59. The lowest BCUT2D eigenvalue weighted by Gasteiger charge is -2.28. The topological polar surface area (TPSA) is 76.6 Å².